The highest BCUT2D eigenvalue weighted by molar-refractivity contribution is 7.71. The Morgan fingerprint density at radius 1 is 1.46 bits per heavy atom. The minimum absolute atomic E-state index is 0.0866. The van der Waals surface area contributed by atoms with Crippen LogP contribution >= 0.6 is 12.2 Å². The molecule has 0 unspecified atom stereocenters. The van der Waals surface area contributed by atoms with Gasteiger partial charge in [-0.2, -0.15) is 18.3 Å². The monoisotopic (exact) mass is 419 g/mol. The molecule has 0 saturated heterocycles. The summed E-state index contributed by atoms with van der Waals surface area (Å²) in [5.74, 6) is -0.536. The van der Waals surface area contributed by atoms with Gasteiger partial charge in [0, 0.05) is 25.6 Å². The molecule has 152 valence electrons. The van der Waals surface area contributed by atoms with E-state index in [0.29, 0.717) is 23.6 Å². The maximum Gasteiger partial charge on any atom is 0.422 e. The van der Waals surface area contributed by atoms with E-state index in [2.05, 4.69) is 20.3 Å². The van der Waals surface area contributed by atoms with E-state index in [0.717, 1.165) is 18.2 Å². The highest BCUT2D eigenvalue weighted by atomic mass is 32.1. The number of hydrogen-bond donors (Lipinski definition) is 2. The predicted molar refractivity (Wildman–Crippen MR) is 93.8 cm³/mol. The summed E-state index contributed by atoms with van der Waals surface area (Å²) in [6, 6.07) is 2.82. The van der Waals surface area contributed by atoms with Crippen LogP contribution < -0.4 is 10.1 Å². The number of alkyl halides is 3. The van der Waals surface area contributed by atoms with Crippen molar-refractivity contribution in [1.29, 1.82) is 0 Å². The average molecular weight is 419 g/mol. The molecule has 2 N–H and O–H groups in total. The first kappa shape index (κ1) is 21.3. The van der Waals surface area contributed by atoms with Crippen LogP contribution in [0, 0.1) is 14.9 Å². The third kappa shape index (κ3) is 5.52. The maximum atomic E-state index is 12.3. The van der Waals surface area contributed by atoms with Crippen LogP contribution in [0.1, 0.15) is 23.1 Å². The van der Waals surface area contributed by atoms with Gasteiger partial charge in [-0.1, -0.05) is 0 Å². The molecule has 0 saturated carbocycles. The number of hydrogen-bond acceptors (Lipinski definition) is 6. The lowest BCUT2D eigenvalue weighted by atomic mass is 10.1. The van der Waals surface area contributed by atoms with E-state index in [-0.39, 0.29) is 12.3 Å². The van der Waals surface area contributed by atoms with Gasteiger partial charge < -0.3 is 14.6 Å². The van der Waals surface area contributed by atoms with Gasteiger partial charge in [-0.3, -0.25) is 20.0 Å². The Labute approximate surface area is 161 Å². The molecule has 0 bridgehead atoms. The second-order valence-corrected chi connectivity index (χ2v) is 5.92. The molecule has 2 rings (SSSR count). The van der Waals surface area contributed by atoms with Crippen LogP contribution in [0.2, 0.25) is 0 Å². The quantitative estimate of drug-likeness (QED) is 0.386. The normalized spacial score (nSPS) is 11.3. The Hall–Kier alpha value is -2.96. The van der Waals surface area contributed by atoms with Crippen LogP contribution in [0.15, 0.2) is 18.2 Å². The number of rotatable bonds is 8. The van der Waals surface area contributed by atoms with E-state index in [4.69, 9.17) is 12.2 Å². The summed E-state index contributed by atoms with van der Waals surface area (Å²) in [6.07, 6.45) is -4.28. The molecular weight excluding hydrogens is 403 g/mol. The van der Waals surface area contributed by atoms with Crippen LogP contribution in [-0.4, -0.2) is 44.9 Å². The van der Waals surface area contributed by atoms with Crippen LogP contribution in [0.4, 0.5) is 18.9 Å². The van der Waals surface area contributed by atoms with Crippen LogP contribution in [0.25, 0.3) is 0 Å². The van der Waals surface area contributed by atoms with E-state index in [9.17, 15) is 28.1 Å². The number of nitro groups is 1. The van der Waals surface area contributed by atoms with Gasteiger partial charge in [-0.05, 0) is 31.3 Å². The molecule has 1 aromatic carbocycles. The number of aromatic nitrogens is 3. The number of nitrogens with zero attached hydrogens (tertiary/aromatic N) is 3. The number of nitro benzene ring substituents is 1. The van der Waals surface area contributed by atoms with Crippen molar-refractivity contribution < 1.29 is 27.6 Å². The maximum absolute atomic E-state index is 12.3. The molecule has 28 heavy (non-hydrogen) atoms. The zero-order valence-corrected chi connectivity index (χ0v) is 15.4. The first-order chi connectivity index (χ1) is 13.1. The van der Waals surface area contributed by atoms with Crippen molar-refractivity contribution in [3.63, 3.8) is 0 Å². The third-order valence-electron chi connectivity index (χ3n) is 3.60. The zero-order chi connectivity index (χ0) is 20.9. The summed E-state index contributed by atoms with van der Waals surface area (Å²) in [5, 5.41) is 20.2. The predicted octanol–water partition coefficient (Wildman–Crippen LogP) is 2.78. The molecule has 0 radical (unpaired) electrons. The average Bonchev–Trinajstić information content (AvgIpc) is 2.98. The third-order valence-corrected chi connectivity index (χ3v) is 3.91. The summed E-state index contributed by atoms with van der Waals surface area (Å²) in [6.45, 7) is 0.945. The molecule has 9 nitrogen and oxygen atoms in total. The number of carbonyl (C=O) groups is 1. The molecule has 0 atom stereocenters. The molecular formula is C15H16F3N5O4S. The topological polar surface area (TPSA) is 115 Å². The van der Waals surface area contributed by atoms with Crippen molar-refractivity contribution in [2.45, 2.75) is 26.1 Å². The smallest absolute Gasteiger partial charge is 0.422 e. The number of halogens is 3. The lowest BCUT2D eigenvalue weighted by Crippen LogP contribution is -2.27. The number of ether oxygens (including phenoxy) is 1. The van der Waals surface area contributed by atoms with Crippen LogP contribution in [-0.2, 0) is 13.0 Å². The Morgan fingerprint density at radius 2 is 2.18 bits per heavy atom. The highest BCUT2D eigenvalue weighted by Gasteiger charge is 2.29. The summed E-state index contributed by atoms with van der Waals surface area (Å²) in [4.78, 5) is 22.6. The molecule has 13 heteroatoms. The van der Waals surface area contributed by atoms with Gasteiger partial charge in [0.05, 0.1) is 4.92 Å². The number of benzene rings is 1. The number of nitrogens with one attached hydrogen (secondary N) is 2. The highest BCUT2D eigenvalue weighted by Crippen LogP contribution is 2.25. The first-order valence-electron chi connectivity index (χ1n) is 8.02. The molecule has 1 amide bonds. The van der Waals surface area contributed by atoms with E-state index in [1.807, 2.05) is 6.92 Å². The Balaban J connectivity index is 2.11. The summed E-state index contributed by atoms with van der Waals surface area (Å²) in [5.41, 5.74) is -0.952. The summed E-state index contributed by atoms with van der Waals surface area (Å²) < 4.78 is 43.5. The lowest BCUT2D eigenvalue weighted by Gasteiger charge is -2.11. The van der Waals surface area contributed by atoms with Gasteiger partial charge in [0.15, 0.2) is 11.4 Å². The molecule has 0 fully saturated rings. The Kier molecular flexibility index (Phi) is 6.72. The molecule has 1 aromatic heterocycles. The van der Waals surface area contributed by atoms with E-state index >= 15 is 0 Å². The molecule has 0 spiro atoms. The Bertz CT molecular complexity index is 925. The first-order valence-corrected chi connectivity index (χ1v) is 8.43. The van der Waals surface area contributed by atoms with Crippen molar-refractivity contribution in [2.24, 2.45) is 0 Å². The minimum Gasteiger partial charge on any atom is -0.484 e. The zero-order valence-electron chi connectivity index (χ0n) is 14.6. The van der Waals surface area contributed by atoms with Crippen LogP contribution in [0.5, 0.6) is 5.75 Å². The van der Waals surface area contributed by atoms with Crippen molar-refractivity contribution in [1.82, 2.24) is 20.1 Å². The van der Waals surface area contributed by atoms with Gasteiger partial charge in [0.1, 0.15) is 17.1 Å². The van der Waals surface area contributed by atoms with E-state index < -0.39 is 34.9 Å². The fourth-order valence-corrected chi connectivity index (χ4v) is 2.64. The van der Waals surface area contributed by atoms with Crippen LogP contribution in [0.3, 0.4) is 0 Å². The van der Waals surface area contributed by atoms with Gasteiger partial charge in [0.2, 0.25) is 0 Å². The lowest BCUT2D eigenvalue weighted by molar-refractivity contribution is -0.385. The number of carbonyl (C=O) groups excluding carboxylic acids is 1. The van der Waals surface area contributed by atoms with Gasteiger partial charge >= 0.3 is 6.18 Å². The SMILES string of the molecule is CCn1c(CCNC(=O)c2cc(OCC(F)(F)F)ccc2[N+](=O)[O-])n[nH]c1=S. The number of aromatic amines is 1. The molecule has 0 aliphatic rings. The van der Waals surface area contributed by atoms with Crippen molar-refractivity contribution in [2.75, 3.05) is 13.2 Å². The van der Waals surface area contributed by atoms with E-state index in [1.54, 1.807) is 4.57 Å². The fourth-order valence-electron chi connectivity index (χ4n) is 2.36. The van der Waals surface area contributed by atoms with Gasteiger partial charge in [-0.25, -0.2) is 0 Å². The van der Waals surface area contributed by atoms with Crippen molar-refractivity contribution >= 4 is 23.8 Å². The standard InChI is InChI=1S/C15H16F3N5O4S/c1-2-22-12(20-21-14(22)28)5-6-19-13(24)10-7-9(27-8-15(16,17)18)3-4-11(10)23(25)26/h3-4,7H,2,5-6,8H2,1H3,(H,19,24)(H,21,28). The Morgan fingerprint density at radius 3 is 2.79 bits per heavy atom. The fraction of sp³-hybridized carbons (Fsp3) is 0.400. The largest absolute Gasteiger partial charge is 0.484 e. The van der Waals surface area contributed by atoms with Gasteiger partial charge in [-0.15, -0.1) is 0 Å². The second-order valence-electron chi connectivity index (χ2n) is 5.54. The molecule has 0 aliphatic heterocycles. The van der Waals surface area contributed by atoms with Crippen molar-refractivity contribution in [3.05, 3.63) is 44.5 Å². The number of H-pyrrole nitrogens is 1. The second kappa shape index (κ2) is 8.82. The summed E-state index contributed by atoms with van der Waals surface area (Å²) >= 11 is 5.05. The summed E-state index contributed by atoms with van der Waals surface area (Å²) in [7, 11) is 0. The minimum atomic E-state index is -4.58. The molecule has 1 heterocycles. The van der Waals surface area contributed by atoms with E-state index in [1.165, 1.54) is 0 Å². The molecule has 2 aromatic rings. The van der Waals surface area contributed by atoms with Crippen molar-refractivity contribution in [3.8, 4) is 5.75 Å². The molecule has 0 aliphatic carbocycles. The van der Waals surface area contributed by atoms with Gasteiger partial charge in [0.25, 0.3) is 11.6 Å². The number of amides is 1.